The van der Waals surface area contributed by atoms with E-state index in [1.54, 1.807) is 12.1 Å². The molecule has 192 valence electrons. The normalized spacial score (nSPS) is 22.5. The summed E-state index contributed by atoms with van der Waals surface area (Å²) >= 11 is 0. The molecule has 6 rings (SSSR count). The molecule has 5 nitrogen and oxygen atoms in total. The van der Waals surface area contributed by atoms with Gasteiger partial charge in [0.05, 0.1) is 13.2 Å². The maximum atomic E-state index is 13.2. The highest BCUT2D eigenvalue weighted by atomic mass is 19.1. The van der Waals surface area contributed by atoms with Crippen molar-refractivity contribution in [2.45, 2.75) is 69.7 Å². The zero-order chi connectivity index (χ0) is 25.2. The molecule has 0 saturated carbocycles. The van der Waals surface area contributed by atoms with Crippen LogP contribution in [0, 0.1) is 12.7 Å². The van der Waals surface area contributed by atoms with Crippen LogP contribution >= 0.6 is 0 Å². The van der Waals surface area contributed by atoms with E-state index in [4.69, 9.17) is 9.72 Å². The summed E-state index contributed by atoms with van der Waals surface area (Å²) in [6.07, 6.45) is 7.83. The number of nitrogens with zero attached hydrogens (tertiary/aromatic N) is 4. The Hall–Kier alpha value is -3.09. The summed E-state index contributed by atoms with van der Waals surface area (Å²) in [5.41, 5.74) is 4.36. The third-order valence-corrected chi connectivity index (χ3v) is 8.36. The molecule has 0 spiro atoms. The number of ether oxygens (including phenoxy) is 1. The largest absolute Gasteiger partial charge is 0.376 e. The maximum absolute atomic E-state index is 13.2. The number of piperidine rings is 1. The fraction of sp³-hybridized carbons (Fsp3) is 0.419. The van der Waals surface area contributed by atoms with Crippen molar-refractivity contribution < 1.29 is 9.13 Å². The van der Waals surface area contributed by atoms with Gasteiger partial charge in [0.1, 0.15) is 17.2 Å². The molecule has 4 aromatic rings. The molecular formula is C31H35FN4O. The molecule has 37 heavy (non-hydrogen) atoms. The zero-order valence-electron chi connectivity index (χ0n) is 21.5. The number of hydrogen-bond acceptors (Lipinski definition) is 4. The van der Waals surface area contributed by atoms with E-state index in [-0.39, 0.29) is 5.82 Å². The number of aryl methyl sites for hydroxylation is 1. The first-order valence-electron chi connectivity index (χ1n) is 13.6. The number of imidazole rings is 1. The van der Waals surface area contributed by atoms with Crippen LogP contribution in [0.3, 0.4) is 0 Å². The molecule has 6 heteroatoms. The Morgan fingerprint density at radius 2 is 1.70 bits per heavy atom. The summed E-state index contributed by atoms with van der Waals surface area (Å²) in [5, 5.41) is 0. The number of aromatic nitrogens is 3. The predicted molar refractivity (Wildman–Crippen MR) is 144 cm³/mol. The molecule has 2 aliphatic rings. The Morgan fingerprint density at radius 3 is 2.46 bits per heavy atom. The van der Waals surface area contributed by atoms with Crippen molar-refractivity contribution in [3.05, 3.63) is 95.7 Å². The first kappa shape index (κ1) is 24.3. The van der Waals surface area contributed by atoms with Crippen LogP contribution in [0.25, 0.3) is 11.2 Å². The van der Waals surface area contributed by atoms with Gasteiger partial charge in [-0.15, -0.1) is 0 Å². The summed E-state index contributed by atoms with van der Waals surface area (Å²) in [4.78, 5) is 12.2. The molecule has 2 saturated heterocycles. The second-order valence-electron chi connectivity index (χ2n) is 10.7. The van der Waals surface area contributed by atoms with Crippen LogP contribution in [-0.4, -0.2) is 44.7 Å². The molecule has 0 unspecified atom stereocenters. The van der Waals surface area contributed by atoms with Crippen molar-refractivity contribution in [3.8, 4) is 0 Å². The lowest BCUT2D eigenvalue weighted by atomic mass is 9.93. The van der Waals surface area contributed by atoms with Crippen molar-refractivity contribution in [1.29, 1.82) is 0 Å². The smallest absolute Gasteiger partial charge is 0.160 e. The Bertz CT molecular complexity index is 1310. The van der Waals surface area contributed by atoms with E-state index in [0.29, 0.717) is 37.3 Å². The molecule has 2 aromatic heterocycles. The van der Waals surface area contributed by atoms with E-state index in [1.807, 2.05) is 12.3 Å². The van der Waals surface area contributed by atoms with Crippen LogP contribution in [0.5, 0.6) is 0 Å². The number of benzene rings is 2. The predicted octanol–water partition coefficient (Wildman–Crippen LogP) is 6.44. The van der Waals surface area contributed by atoms with E-state index in [1.165, 1.54) is 30.5 Å². The van der Waals surface area contributed by atoms with Crippen molar-refractivity contribution in [3.63, 3.8) is 0 Å². The first-order chi connectivity index (χ1) is 18.2. The van der Waals surface area contributed by atoms with E-state index in [2.05, 4.69) is 57.8 Å². The monoisotopic (exact) mass is 498 g/mol. The molecule has 2 aliphatic heterocycles. The molecule has 0 aliphatic carbocycles. The quantitative estimate of drug-likeness (QED) is 0.266. The van der Waals surface area contributed by atoms with Gasteiger partial charge >= 0.3 is 0 Å². The Labute approximate surface area is 218 Å². The number of hydrogen-bond donors (Lipinski definition) is 0. The highest BCUT2D eigenvalue weighted by molar-refractivity contribution is 5.71. The third kappa shape index (κ3) is 5.18. The zero-order valence-corrected chi connectivity index (χ0v) is 21.5. The van der Waals surface area contributed by atoms with Crippen LogP contribution in [0.4, 0.5) is 4.39 Å². The summed E-state index contributed by atoms with van der Waals surface area (Å²) in [6, 6.07) is 23.1. The van der Waals surface area contributed by atoms with E-state index >= 15 is 0 Å². The van der Waals surface area contributed by atoms with Gasteiger partial charge in [0, 0.05) is 30.2 Å². The Balaban J connectivity index is 1.11. The van der Waals surface area contributed by atoms with Crippen LogP contribution in [-0.2, 0) is 11.3 Å². The molecule has 0 amide bonds. The van der Waals surface area contributed by atoms with Crippen molar-refractivity contribution in [1.82, 2.24) is 19.4 Å². The highest BCUT2D eigenvalue weighted by Gasteiger charge is 2.41. The molecule has 2 bridgehead atoms. The van der Waals surface area contributed by atoms with Crippen molar-refractivity contribution in [2.75, 3.05) is 13.2 Å². The number of rotatable bonds is 9. The molecule has 0 N–H and O–H groups in total. The topological polar surface area (TPSA) is 43.2 Å². The molecule has 2 aromatic carbocycles. The van der Waals surface area contributed by atoms with Gasteiger partial charge in [-0.1, -0.05) is 42.5 Å². The average Bonchev–Trinajstić information content (AvgIpc) is 3.38. The standard InChI is InChI=1S/C31H35FN4O/c1-22-34-30-8-5-16-33-31(30)36(22)29-18-27-13-14-28(19-29)35(27)17-15-25(24-6-3-2-4-7-24)21-37-20-23-9-11-26(32)12-10-23/h2-12,16,25,27-29H,13-15,17-21H2,1H3/t25-,27-,28-/m1/s1. The van der Waals surface area contributed by atoms with E-state index < -0.39 is 0 Å². The van der Waals surface area contributed by atoms with Gasteiger partial charge in [0.2, 0.25) is 0 Å². The number of fused-ring (bicyclic) bond motifs is 3. The number of halogens is 1. The lowest BCUT2D eigenvalue weighted by Gasteiger charge is -2.40. The van der Waals surface area contributed by atoms with Crippen LogP contribution in [0.2, 0.25) is 0 Å². The Morgan fingerprint density at radius 1 is 0.946 bits per heavy atom. The van der Waals surface area contributed by atoms with Crippen molar-refractivity contribution >= 4 is 11.2 Å². The molecule has 4 heterocycles. The lowest BCUT2D eigenvalue weighted by Crippen LogP contribution is -2.44. The fourth-order valence-corrected chi connectivity index (χ4v) is 6.58. The average molecular weight is 499 g/mol. The van der Waals surface area contributed by atoms with Gasteiger partial charge in [-0.2, -0.15) is 0 Å². The molecule has 0 radical (unpaired) electrons. The molecular weight excluding hydrogens is 463 g/mol. The van der Waals surface area contributed by atoms with Crippen LogP contribution < -0.4 is 0 Å². The van der Waals surface area contributed by atoms with E-state index in [0.717, 1.165) is 48.4 Å². The maximum Gasteiger partial charge on any atom is 0.160 e. The fourth-order valence-electron chi connectivity index (χ4n) is 6.58. The van der Waals surface area contributed by atoms with Crippen molar-refractivity contribution in [2.24, 2.45) is 0 Å². The second kappa shape index (κ2) is 10.7. The highest BCUT2D eigenvalue weighted by Crippen LogP contribution is 2.42. The first-order valence-corrected chi connectivity index (χ1v) is 13.6. The summed E-state index contributed by atoms with van der Waals surface area (Å²) in [6.45, 7) is 4.38. The minimum atomic E-state index is -0.211. The third-order valence-electron chi connectivity index (χ3n) is 8.36. The molecule has 2 fully saturated rings. The van der Waals surface area contributed by atoms with Gasteiger partial charge < -0.3 is 9.30 Å². The SMILES string of the molecule is Cc1nc2cccnc2n1C1C[C@H]2CC[C@H](C1)N2CC[C@H](COCc1ccc(F)cc1)c1ccccc1. The second-order valence-corrected chi connectivity index (χ2v) is 10.7. The van der Waals surface area contributed by atoms with Crippen LogP contribution in [0.15, 0.2) is 72.9 Å². The van der Waals surface area contributed by atoms with Gasteiger partial charge in [0.15, 0.2) is 5.65 Å². The lowest BCUT2D eigenvalue weighted by molar-refractivity contribution is 0.0811. The van der Waals surface area contributed by atoms with Gasteiger partial charge in [-0.05, 0) is 81.0 Å². The summed E-state index contributed by atoms with van der Waals surface area (Å²) in [5.74, 6) is 1.20. The van der Waals surface area contributed by atoms with E-state index in [9.17, 15) is 4.39 Å². The summed E-state index contributed by atoms with van der Waals surface area (Å²) in [7, 11) is 0. The van der Waals surface area contributed by atoms with Gasteiger partial charge in [-0.25, -0.2) is 14.4 Å². The Kier molecular flexibility index (Phi) is 7.03. The number of pyridine rings is 1. The minimum Gasteiger partial charge on any atom is -0.376 e. The molecule has 3 atom stereocenters. The minimum absolute atomic E-state index is 0.211. The van der Waals surface area contributed by atoms with Gasteiger partial charge in [-0.3, -0.25) is 4.90 Å². The van der Waals surface area contributed by atoms with Crippen LogP contribution in [0.1, 0.15) is 61.0 Å². The summed E-state index contributed by atoms with van der Waals surface area (Å²) < 4.78 is 21.8. The van der Waals surface area contributed by atoms with Gasteiger partial charge in [0.25, 0.3) is 0 Å².